The van der Waals surface area contributed by atoms with Crippen molar-refractivity contribution in [2.24, 2.45) is 0 Å². The number of hydrogen-bond acceptors (Lipinski definition) is 7. The molecule has 2 N–H and O–H groups in total. The van der Waals surface area contributed by atoms with Gasteiger partial charge >= 0.3 is 5.82 Å². The zero-order chi connectivity index (χ0) is 16.4. The van der Waals surface area contributed by atoms with Gasteiger partial charge in [0.15, 0.2) is 5.82 Å². The minimum atomic E-state index is -0.737. The fourth-order valence-electron chi connectivity index (χ4n) is 2.31. The Kier molecular flexibility index (Phi) is 3.94. The molecule has 0 amide bonds. The highest BCUT2D eigenvalue weighted by atomic mass is 16.6. The molecule has 9 heteroatoms. The van der Waals surface area contributed by atoms with Gasteiger partial charge in [-0.25, -0.2) is 4.98 Å². The van der Waals surface area contributed by atoms with Crippen LogP contribution in [0.2, 0.25) is 0 Å². The summed E-state index contributed by atoms with van der Waals surface area (Å²) in [5.41, 5.74) is 0.394. The molecule has 0 spiro atoms. The normalized spacial score (nSPS) is 13.8. The molecule has 0 saturated heterocycles. The molecule has 3 rings (SSSR count). The van der Waals surface area contributed by atoms with Crippen LogP contribution in [0.4, 0.5) is 11.6 Å². The van der Waals surface area contributed by atoms with Crippen molar-refractivity contribution in [1.82, 2.24) is 14.6 Å². The molecule has 3 heterocycles. The molecule has 0 bridgehead atoms. The number of nitrogens with zero attached hydrogens (tertiary/aromatic N) is 4. The Hall–Kier alpha value is -2.94. The van der Waals surface area contributed by atoms with Gasteiger partial charge in [-0.15, -0.1) is 0 Å². The number of nitro groups is 1. The van der Waals surface area contributed by atoms with Gasteiger partial charge in [-0.1, -0.05) is 9.61 Å². The highest BCUT2D eigenvalue weighted by Gasteiger charge is 2.18. The number of anilines is 1. The second kappa shape index (κ2) is 6.05. The van der Waals surface area contributed by atoms with E-state index in [0.717, 1.165) is 10.7 Å². The summed E-state index contributed by atoms with van der Waals surface area (Å²) in [7, 11) is 0. The van der Waals surface area contributed by atoms with Crippen molar-refractivity contribution in [3.8, 4) is 0 Å². The maximum atomic E-state index is 10.9. The van der Waals surface area contributed by atoms with Crippen LogP contribution in [-0.4, -0.2) is 30.7 Å². The number of aliphatic hydroxyl groups excluding tert-OH is 1. The Bertz CT molecular complexity index is 814. The average Bonchev–Trinajstić information content (AvgIpc) is 3.16. The number of hydrogen-bond donors (Lipinski definition) is 2. The molecule has 0 radical (unpaired) electrons. The molecule has 0 saturated carbocycles. The van der Waals surface area contributed by atoms with Crippen LogP contribution < -0.4 is 5.32 Å². The first-order valence-electron chi connectivity index (χ1n) is 7.02. The summed E-state index contributed by atoms with van der Waals surface area (Å²) in [6.45, 7) is 1.88. The van der Waals surface area contributed by atoms with Crippen LogP contribution in [0.1, 0.15) is 25.2 Å². The predicted octanol–water partition coefficient (Wildman–Crippen LogP) is 2.15. The smallest absolute Gasteiger partial charge is 0.368 e. The third-order valence-corrected chi connectivity index (χ3v) is 3.37. The van der Waals surface area contributed by atoms with Gasteiger partial charge in [0.2, 0.25) is 5.65 Å². The van der Waals surface area contributed by atoms with E-state index < -0.39 is 11.0 Å². The van der Waals surface area contributed by atoms with E-state index in [1.165, 1.54) is 6.26 Å². The van der Waals surface area contributed by atoms with Gasteiger partial charge in [0, 0.05) is 18.5 Å². The lowest BCUT2D eigenvalue weighted by Gasteiger charge is -2.16. The number of aliphatic hydroxyl groups is 1. The maximum absolute atomic E-state index is 10.9. The van der Waals surface area contributed by atoms with Crippen molar-refractivity contribution < 1.29 is 14.4 Å². The molecule has 0 aliphatic rings. The number of nitrogens with one attached hydrogen (secondary N) is 1. The summed E-state index contributed by atoms with van der Waals surface area (Å²) in [6.07, 6.45) is 2.33. The van der Waals surface area contributed by atoms with Gasteiger partial charge < -0.3 is 25.0 Å². The van der Waals surface area contributed by atoms with Crippen LogP contribution in [0.25, 0.3) is 5.65 Å². The molecule has 0 aliphatic carbocycles. The quantitative estimate of drug-likeness (QED) is 0.528. The number of furan rings is 1. The zero-order valence-electron chi connectivity index (χ0n) is 12.3. The summed E-state index contributed by atoms with van der Waals surface area (Å²) >= 11 is 0. The third kappa shape index (κ3) is 3.14. The summed E-state index contributed by atoms with van der Waals surface area (Å²) in [5, 5.41) is 28.2. The number of fused-ring (bicyclic) bond motifs is 1. The van der Waals surface area contributed by atoms with Crippen LogP contribution in [0, 0.1) is 10.1 Å². The molecular formula is C14H15N5O4. The summed E-state index contributed by atoms with van der Waals surface area (Å²) < 4.78 is 6.32. The molecule has 3 aromatic heterocycles. The van der Waals surface area contributed by atoms with E-state index in [4.69, 9.17) is 4.42 Å². The van der Waals surface area contributed by atoms with Crippen molar-refractivity contribution in [2.45, 2.75) is 25.5 Å². The van der Waals surface area contributed by atoms with E-state index in [1.807, 2.05) is 6.92 Å². The molecule has 120 valence electrons. The first kappa shape index (κ1) is 15.0. The van der Waals surface area contributed by atoms with E-state index >= 15 is 0 Å². The standard InChI is InChI=1S/C14H15N5O4/c1-9(7-10(20)11-3-2-6-23-11)16-12-4-5-13-15-8-14(19(21)22)18(13)17-12/h2-6,8-10,20H,7H2,1H3,(H,16,17). The first-order valence-corrected chi connectivity index (χ1v) is 7.02. The number of aromatic nitrogens is 3. The van der Waals surface area contributed by atoms with Crippen molar-refractivity contribution in [3.63, 3.8) is 0 Å². The minimum absolute atomic E-state index is 0.123. The molecule has 0 aromatic carbocycles. The Morgan fingerprint density at radius 1 is 1.48 bits per heavy atom. The van der Waals surface area contributed by atoms with E-state index in [2.05, 4.69) is 15.4 Å². The summed E-state index contributed by atoms with van der Waals surface area (Å²) in [5.74, 6) is 0.747. The lowest BCUT2D eigenvalue weighted by atomic mass is 10.1. The maximum Gasteiger partial charge on any atom is 0.368 e. The van der Waals surface area contributed by atoms with E-state index in [1.54, 1.807) is 24.3 Å². The highest BCUT2D eigenvalue weighted by molar-refractivity contribution is 5.48. The second-order valence-corrected chi connectivity index (χ2v) is 5.17. The topological polar surface area (TPSA) is 119 Å². The molecular weight excluding hydrogens is 302 g/mol. The highest BCUT2D eigenvalue weighted by Crippen LogP contribution is 2.21. The van der Waals surface area contributed by atoms with Crippen molar-refractivity contribution >= 4 is 17.3 Å². The second-order valence-electron chi connectivity index (χ2n) is 5.17. The minimum Gasteiger partial charge on any atom is -0.467 e. The Balaban J connectivity index is 1.73. The monoisotopic (exact) mass is 317 g/mol. The van der Waals surface area contributed by atoms with Gasteiger partial charge in [-0.05, 0) is 30.0 Å². The Morgan fingerprint density at radius 2 is 2.30 bits per heavy atom. The fraction of sp³-hybridized carbons (Fsp3) is 0.286. The molecule has 2 atom stereocenters. The van der Waals surface area contributed by atoms with Gasteiger partial charge in [-0.3, -0.25) is 0 Å². The summed E-state index contributed by atoms with van der Waals surface area (Å²) in [4.78, 5) is 14.3. The van der Waals surface area contributed by atoms with Crippen LogP contribution in [0.15, 0.2) is 41.1 Å². The van der Waals surface area contributed by atoms with Gasteiger partial charge in [0.05, 0.1) is 6.26 Å². The van der Waals surface area contributed by atoms with E-state index in [0.29, 0.717) is 23.6 Å². The molecule has 3 aromatic rings. The SMILES string of the molecule is CC(CC(O)c1ccco1)Nc1ccc2ncc([N+](=O)[O-])n2n1. The summed E-state index contributed by atoms with van der Waals surface area (Å²) in [6, 6.07) is 6.61. The molecule has 0 fully saturated rings. The number of imidazole rings is 1. The third-order valence-electron chi connectivity index (χ3n) is 3.37. The molecule has 9 nitrogen and oxygen atoms in total. The zero-order valence-corrected chi connectivity index (χ0v) is 12.3. The van der Waals surface area contributed by atoms with Gasteiger partial charge in [-0.2, -0.15) is 0 Å². The van der Waals surface area contributed by atoms with Crippen LogP contribution in [0.3, 0.4) is 0 Å². The van der Waals surface area contributed by atoms with Crippen LogP contribution in [-0.2, 0) is 0 Å². The average molecular weight is 317 g/mol. The lowest BCUT2D eigenvalue weighted by Crippen LogP contribution is -2.19. The number of rotatable bonds is 6. The lowest BCUT2D eigenvalue weighted by molar-refractivity contribution is -0.391. The Morgan fingerprint density at radius 3 is 3.00 bits per heavy atom. The molecule has 0 aliphatic heterocycles. The van der Waals surface area contributed by atoms with Gasteiger partial charge in [0.25, 0.3) is 0 Å². The van der Waals surface area contributed by atoms with Crippen molar-refractivity contribution in [1.29, 1.82) is 0 Å². The van der Waals surface area contributed by atoms with Crippen molar-refractivity contribution in [3.05, 3.63) is 52.6 Å². The van der Waals surface area contributed by atoms with Crippen LogP contribution >= 0.6 is 0 Å². The Labute approximate surface area is 130 Å². The van der Waals surface area contributed by atoms with E-state index in [-0.39, 0.29) is 11.9 Å². The molecule has 2 unspecified atom stereocenters. The molecule has 23 heavy (non-hydrogen) atoms. The van der Waals surface area contributed by atoms with E-state index in [9.17, 15) is 15.2 Å². The largest absolute Gasteiger partial charge is 0.467 e. The first-order chi connectivity index (χ1) is 11.0. The predicted molar refractivity (Wildman–Crippen MR) is 81.0 cm³/mol. The van der Waals surface area contributed by atoms with Crippen molar-refractivity contribution in [2.75, 3.05) is 5.32 Å². The fourth-order valence-corrected chi connectivity index (χ4v) is 2.31. The van der Waals surface area contributed by atoms with Crippen LogP contribution in [0.5, 0.6) is 0 Å². The van der Waals surface area contributed by atoms with Gasteiger partial charge in [0.1, 0.15) is 18.1 Å².